The van der Waals surface area contributed by atoms with Crippen molar-refractivity contribution in [2.45, 2.75) is 32.2 Å². The number of ether oxygens (including phenoxy) is 1. The lowest BCUT2D eigenvalue weighted by molar-refractivity contribution is 0.0933. The molecule has 4 rings (SSSR count). The Balaban J connectivity index is 1.49. The Hall–Kier alpha value is -3.08. The SMILES string of the molecule is COc1ccc(-n2ncc(C(=O)N[C@H]3CCc4ccccc4C3)c2C)cc1. The Labute approximate surface area is 159 Å². The molecule has 0 radical (unpaired) electrons. The van der Waals surface area contributed by atoms with Crippen molar-refractivity contribution in [2.24, 2.45) is 0 Å². The fraction of sp³-hybridized carbons (Fsp3) is 0.273. The summed E-state index contributed by atoms with van der Waals surface area (Å²) in [7, 11) is 1.64. The van der Waals surface area contributed by atoms with Gasteiger partial charge < -0.3 is 10.1 Å². The Morgan fingerprint density at radius 3 is 2.63 bits per heavy atom. The summed E-state index contributed by atoms with van der Waals surface area (Å²) in [5, 5.41) is 7.59. The molecule has 5 nitrogen and oxygen atoms in total. The number of nitrogens with one attached hydrogen (secondary N) is 1. The van der Waals surface area contributed by atoms with Gasteiger partial charge in [-0.05, 0) is 61.6 Å². The number of carbonyl (C=O) groups excluding carboxylic acids is 1. The van der Waals surface area contributed by atoms with Crippen LogP contribution in [0.1, 0.15) is 33.6 Å². The number of fused-ring (bicyclic) bond motifs is 1. The molecule has 5 heteroatoms. The highest BCUT2D eigenvalue weighted by molar-refractivity contribution is 5.95. The molecule has 0 fully saturated rings. The average molecular weight is 361 g/mol. The molecule has 0 unspecified atom stereocenters. The van der Waals surface area contributed by atoms with Crippen LogP contribution in [0.2, 0.25) is 0 Å². The number of aromatic nitrogens is 2. The van der Waals surface area contributed by atoms with Crippen LogP contribution in [-0.2, 0) is 12.8 Å². The van der Waals surface area contributed by atoms with E-state index in [0.29, 0.717) is 5.56 Å². The zero-order valence-electron chi connectivity index (χ0n) is 15.6. The average Bonchev–Trinajstić information content (AvgIpc) is 3.09. The van der Waals surface area contributed by atoms with E-state index in [4.69, 9.17) is 4.74 Å². The molecule has 0 saturated heterocycles. The van der Waals surface area contributed by atoms with Gasteiger partial charge in [-0.3, -0.25) is 4.79 Å². The van der Waals surface area contributed by atoms with Gasteiger partial charge in [-0.1, -0.05) is 24.3 Å². The molecule has 2 aromatic carbocycles. The lowest BCUT2D eigenvalue weighted by atomic mass is 9.88. The molecule has 27 heavy (non-hydrogen) atoms. The van der Waals surface area contributed by atoms with Crippen molar-refractivity contribution in [3.8, 4) is 11.4 Å². The minimum atomic E-state index is -0.0587. The van der Waals surface area contributed by atoms with Gasteiger partial charge >= 0.3 is 0 Å². The third-order valence-corrected chi connectivity index (χ3v) is 5.25. The molecule has 1 aliphatic rings. The van der Waals surface area contributed by atoms with Gasteiger partial charge in [0.25, 0.3) is 5.91 Å². The summed E-state index contributed by atoms with van der Waals surface area (Å²) >= 11 is 0. The molecule has 1 aromatic heterocycles. The summed E-state index contributed by atoms with van der Waals surface area (Å²) in [5.74, 6) is 0.732. The molecule has 1 atom stereocenters. The van der Waals surface area contributed by atoms with E-state index in [1.807, 2.05) is 31.2 Å². The first-order valence-corrected chi connectivity index (χ1v) is 9.22. The van der Waals surface area contributed by atoms with E-state index in [0.717, 1.165) is 36.4 Å². The van der Waals surface area contributed by atoms with Gasteiger partial charge in [0.2, 0.25) is 0 Å². The number of hydrogen-bond acceptors (Lipinski definition) is 3. The van der Waals surface area contributed by atoms with Gasteiger partial charge in [-0.25, -0.2) is 4.68 Å². The maximum atomic E-state index is 12.8. The van der Waals surface area contributed by atoms with Crippen LogP contribution in [0.5, 0.6) is 5.75 Å². The molecular formula is C22H23N3O2. The topological polar surface area (TPSA) is 56.2 Å². The van der Waals surface area contributed by atoms with Crippen molar-refractivity contribution in [1.82, 2.24) is 15.1 Å². The second kappa shape index (κ2) is 7.27. The first-order valence-electron chi connectivity index (χ1n) is 9.22. The van der Waals surface area contributed by atoms with Crippen molar-refractivity contribution >= 4 is 5.91 Å². The largest absolute Gasteiger partial charge is 0.497 e. The zero-order valence-corrected chi connectivity index (χ0v) is 15.6. The second-order valence-corrected chi connectivity index (χ2v) is 6.94. The molecule has 1 aliphatic carbocycles. The summed E-state index contributed by atoms with van der Waals surface area (Å²) in [5.41, 5.74) is 5.07. The number of hydrogen-bond donors (Lipinski definition) is 1. The summed E-state index contributed by atoms with van der Waals surface area (Å²) in [4.78, 5) is 12.8. The van der Waals surface area contributed by atoms with Crippen molar-refractivity contribution in [1.29, 1.82) is 0 Å². The Morgan fingerprint density at radius 1 is 1.15 bits per heavy atom. The third-order valence-electron chi connectivity index (χ3n) is 5.25. The van der Waals surface area contributed by atoms with E-state index >= 15 is 0 Å². The zero-order chi connectivity index (χ0) is 18.8. The van der Waals surface area contributed by atoms with Crippen LogP contribution >= 0.6 is 0 Å². The van der Waals surface area contributed by atoms with Crippen LogP contribution in [0.25, 0.3) is 5.69 Å². The summed E-state index contributed by atoms with van der Waals surface area (Å²) in [6.45, 7) is 1.92. The van der Waals surface area contributed by atoms with Gasteiger partial charge in [0, 0.05) is 6.04 Å². The minimum Gasteiger partial charge on any atom is -0.497 e. The van der Waals surface area contributed by atoms with E-state index in [2.05, 4.69) is 34.7 Å². The summed E-state index contributed by atoms with van der Waals surface area (Å²) < 4.78 is 6.98. The number of nitrogens with zero attached hydrogens (tertiary/aromatic N) is 2. The predicted octanol–water partition coefficient (Wildman–Crippen LogP) is 3.48. The highest BCUT2D eigenvalue weighted by Crippen LogP contribution is 2.22. The number of amides is 1. The molecule has 0 aliphatic heterocycles. The van der Waals surface area contributed by atoms with E-state index < -0.39 is 0 Å². The lowest BCUT2D eigenvalue weighted by Gasteiger charge is -2.25. The number of carbonyl (C=O) groups is 1. The maximum Gasteiger partial charge on any atom is 0.254 e. The number of aryl methyl sites for hydroxylation is 1. The standard InChI is InChI=1S/C22H23N3O2/c1-15-21(14-23-25(15)19-9-11-20(27-2)12-10-19)22(26)24-18-8-7-16-5-3-4-6-17(16)13-18/h3-6,9-12,14,18H,7-8,13H2,1-2H3,(H,24,26)/t18-/m0/s1. The van der Waals surface area contributed by atoms with Crippen LogP contribution in [0, 0.1) is 6.92 Å². The lowest BCUT2D eigenvalue weighted by Crippen LogP contribution is -2.39. The van der Waals surface area contributed by atoms with E-state index in [1.54, 1.807) is 18.0 Å². The maximum absolute atomic E-state index is 12.8. The second-order valence-electron chi connectivity index (χ2n) is 6.94. The van der Waals surface area contributed by atoms with Crippen LogP contribution in [0.4, 0.5) is 0 Å². The molecule has 1 amide bonds. The van der Waals surface area contributed by atoms with E-state index in [9.17, 15) is 4.79 Å². The van der Waals surface area contributed by atoms with Crippen molar-refractivity contribution in [2.75, 3.05) is 7.11 Å². The number of methoxy groups -OCH3 is 1. The van der Waals surface area contributed by atoms with Crippen molar-refractivity contribution in [3.05, 3.63) is 77.1 Å². The van der Waals surface area contributed by atoms with Gasteiger partial charge in [0.05, 0.1) is 30.3 Å². The van der Waals surface area contributed by atoms with Crippen molar-refractivity contribution in [3.63, 3.8) is 0 Å². The molecule has 138 valence electrons. The van der Waals surface area contributed by atoms with E-state index in [-0.39, 0.29) is 11.9 Å². The number of rotatable bonds is 4. The van der Waals surface area contributed by atoms with Crippen LogP contribution in [0.15, 0.2) is 54.7 Å². The predicted molar refractivity (Wildman–Crippen MR) is 105 cm³/mol. The Bertz CT molecular complexity index is 960. The van der Waals surface area contributed by atoms with E-state index in [1.165, 1.54) is 11.1 Å². The van der Waals surface area contributed by atoms with Crippen LogP contribution in [0.3, 0.4) is 0 Å². The van der Waals surface area contributed by atoms with Crippen LogP contribution < -0.4 is 10.1 Å². The Morgan fingerprint density at radius 2 is 1.89 bits per heavy atom. The normalized spacial score (nSPS) is 15.9. The van der Waals surface area contributed by atoms with Gasteiger partial charge in [0.1, 0.15) is 5.75 Å². The summed E-state index contributed by atoms with van der Waals surface area (Å²) in [6.07, 6.45) is 4.50. The molecular weight excluding hydrogens is 338 g/mol. The van der Waals surface area contributed by atoms with Crippen LogP contribution in [-0.4, -0.2) is 28.8 Å². The molecule has 0 saturated carbocycles. The third kappa shape index (κ3) is 3.45. The number of benzene rings is 2. The van der Waals surface area contributed by atoms with Gasteiger partial charge in [-0.2, -0.15) is 5.10 Å². The molecule has 3 aromatic rings. The fourth-order valence-corrected chi connectivity index (χ4v) is 3.70. The monoisotopic (exact) mass is 361 g/mol. The first kappa shape index (κ1) is 17.3. The minimum absolute atomic E-state index is 0.0587. The van der Waals surface area contributed by atoms with Gasteiger partial charge in [0.15, 0.2) is 0 Å². The van der Waals surface area contributed by atoms with Gasteiger partial charge in [-0.15, -0.1) is 0 Å². The highest BCUT2D eigenvalue weighted by Gasteiger charge is 2.22. The Kier molecular flexibility index (Phi) is 4.67. The highest BCUT2D eigenvalue weighted by atomic mass is 16.5. The first-order chi connectivity index (χ1) is 13.2. The molecule has 1 heterocycles. The molecule has 1 N–H and O–H groups in total. The quantitative estimate of drug-likeness (QED) is 0.774. The smallest absolute Gasteiger partial charge is 0.254 e. The fourth-order valence-electron chi connectivity index (χ4n) is 3.70. The van der Waals surface area contributed by atoms with Crippen molar-refractivity contribution < 1.29 is 9.53 Å². The summed E-state index contributed by atoms with van der Waals surface area (Å²) in [6, 6.07) is 16.3. The molecule has 0 spiro atoms. The molecule has 0 bridgehead atoms.